The fraction of sp³-hybridized carbons (Fsp3) is 0.350. The lowest BCUT2D eigenvalue weighted by Gasteiger charge is -2.11. The topological polar surface area (TPSA) is 90.5 Å². The molecule has 28 heavy (non-hydrogen) atoms. The van der Waals surface area contributed by atoms with Gasteiger partial charge in [-0.3, -0.25) is 14.4 Å². The van der Waals surface area contributed by atoms with E-state index in [1.165, 1.54) is 11.3 Å². The van der Waals surface area contributed by atoms with E-state index in [9.17, 15) is 14.4 Å². The smallest absolute Gasteiger partial charge is 0.261 e. The molecular weight excluding hydrogens is 376 g/mol. The molecule has 0 unspecified atom stereocenters. The van der Waals surface area contributed by atoms with Crippen LogP contribution in [0.5, 0.6) is 0 Å². The van der Waals surface area contributed by atoms with Gasteiger partial charge in [0.25, 0.3) is 5.91 Å². The molecule has 0 aliphatic heterocycles. The fourth-order valence-corrected chi connectivity index (χ4v) is 3.44. The molecule has 2 aromatic rings. The first-order valence-corrected chi connectivity index (χ1v) is 9.95. The Labute approximate surface area is 168 Å². The Kier molecular flexibility index (Phi) is 6.43. The van der Waals surface area contributed by atoms with Gasteiger partial charge in [-0.15, -0.1) is 11.3 Å². The van der Waals surface area contributed by atoms with Gasteiger partial charge in [0, 0.05) is 18.2 Å². The van der Waals surface area contributed by atoms with E-state index in [1.54, 1.807) is 17.0 Å². The lowest BCUT2D eigenvalue weighted by Crippen LogP contribution is -2.27. The molecule has 3 rings (SSSR count). The standard InChI is InChI=1S/C20H24N4O3S/c1-24(2)12-17(25)22-15-5-3-4-13(10-15)11-21-20(27)16-8-9-18(28-16)23-19(26)14-6-7-14/h3-5,8-10,14H,6-7,11-12H2,1-2H3,(H,21,27)(H,22,25)(H,23,26). The Bertz CT molecular complexity index is 874. The van der Waals surface area contributed by atoms with Gasteiger partial charge in [0.05, 0.1) is 16.4 Å². The van der Waals surface area contributed by atoms with E-state index in [4.69, 9.17) is 0 Å². The van der Waals surface area contributed by atoms with Gasteiger partial charge in [-0.05, 0) is 56.8 Å². The number of amides is 3. The first kappa shape index (κ1) is 20.0. The lowest BCUT2D eigenvalue weighted by molar-refractivity contribution is -0.117. The molecule has 1 saturated carbocycles. The molecule has 0 atom stereocenters. The van der Waals surface area contributed by atoms with E-state index in [2.05, 4.69) is 16.0 Å². The molecule has 1 aliphatic carbocycles. The average Bonchev–Trinajstić information content (AvgIpc) is 3.39. The van der Waals surface area contributed by atoms with E-state index in [-0.39, 0.29) is 23.6 Å². The van der Waals surface area contributed by atoms with Crippen LogP contribution in [0.25, 0.3) is 0 Å². The summed E-state index contributed by atoms with van der Waals surface area (Å²) in [6.45, 7) is 0.650. The normalized spacial score (nSPS) is 13.2. The van der Waals surface area contributed by atoms with Crippen molar-refractivity contribution in [3.63, 3.8) is 0 Å². The Morgan fingerprint density at radius 1 is 1.11 bits per heavy atom. The molecule has 0 spiro atoms. The first-order chi connectivity index (χ1) is 13.4. The molecule has 1 aromatic heterocycles. The third-order valence-electron chi connectivity index (χ3n) is 4.15. The minimum Gasteiger partial charge on any atom is -0.347 e. The van der Waals surface area contributed by atoms with Crippen molar-refractivity contribution >= 4 is 39.7 Å². The number of hydrogen-bond donors (Lipinski definition) is 3. The summed E-state index contributed by atoms with van der Waals surface area (Å²) in [5.41, 5.74) is 1.58. The molecule has 1 heterocycles. The molecule has 3 amide bonds. The molecule has 1 aromatic carbocycles. The Morgan fingerprint density at radius 2 is 1.89 bits per heavy atom. The maximum Gasteiger partial charge on any atom is 0.261 e. The average molecular weight is 401 g/mol. The number of anilines is 2. The first-order valence-electron chi connectivity index (χ1n) is 9.13. The van der Waals surface area contributed by atoms with Gasteiger partial charge in [0.2, 0.25) is 11.8 Å². The summed E-state index contributed by atoms with van der Waals surface area (Å²) in [4.78, 5) is 38.3. The highest BCUT2D eigenvalue weighted by atomic mass is 32.1. The fourth-order valence-electron chi connectivity index (χ4n) is 2.61. The van der Waals surface area contributed by atoms with Gasteiger partial charge in [-0.25, -0.2) is 0 Å². The number of hydrogen-bond acceptors (Lipinski definition) is 5. The zero-order chi connectivity index (χ0) is 20.1. The van der Waals surface area contributed by atoms with Gasteiger partial charge in [0.1, 0.15) is 0 Å². The molecular formula is C20H24N4O3S. The number of carbonyl (C=O) groups excluding carboxylic acids is 3. The van der Waals surface area contributed by atoms with Crippen LogP contribution in [-0.2, 0) is 16.1 Å². The van der Waals surface area contributed by atoms with Crippen molar-refractivity contribution in [3.8, 4) is 0 Å². The van der Waals surface area contributed by atoms with Crippen LogP contribution in [-0.4, -0.2) is 43.3 Å². The highest BCUT2D eigenvalue weighted by molar-refractivity contribution is 7.18. The molecule has 0 saturated heterocycles. The van der Waals surface area contributed by atoms with Crippen LogP contribution >= 0.6 is 11.3 Å². The largest absolute Gasteiger partial charge is 0.347 e. The van der Waals surface area contributed by atoms with Gasteiger partial charge in [-0.1, -0.05) is 12.1 Å². The molecule has 1 fully saturated rings. The number of rotatable bonds is 8. The predicted molar refractivity (Wildman–Crippen MR) is 110 cm³/mol. The van der Waals surface area contributed by atoms with Crippen molar-refractivity contribution in [3.05, 3.63) is 46.8 Å². The number of nitrogens with one attached hydrogen (secondary N) is 3. The van der Waals surface area contributed by atoms with Crippen LogP contribution in [0.15, 0.2) is 36.4 Å². The molecule has 3 N–H and O–H groups in total. The molecule has 0 bridgehead atoms. The van der Waals surface area contributed by atoms with Crippen LogP contribution in [0, 0.1) is 5.92 Å². The summed E-state index contributed by atoms with van der Waals surface area (Å²) in [6.07, 6.45) is 1.89. The zero-order valence-electron chi connectivity index (χ0n) is 16.0. The van der Waals surface area contributed by atoms with Crippen molar-refractivity contribution < 1.29 is 14.4 Å². The van der Waals surface area contributed by atoms with Gasteiger partial charge < -0.3 is 20.9 Å². The molecule has 8 heteroatoms. The minimum atomic E-state index is -0.195. The summed E-state index contributed by atoms with van der Waals surface area (Å²) < 4.78 is 0. The minimum absolute atomic E-state index is 0.0296. The summed E-state index contributed by atoms with van der Waals surface area (Å²) >= 11 is 1.26. The van der Waals surface area contributed by atoms with Crippen molar-refractivity contribution in [2.24, 2.45) is 5.92 Å². The van der Waals surface area contributed by atoms with Crippen molar-refractivity contribution in [1.29, 1.82) is 0 Å². The highest BCUT2D eigenvalue weighted by Gasteiger charge is 2.29. The van der Waals surface area contributed by atoms with Crippen molar-refractivity contribution in [1.82, 2.24) is 10.2 Å². The Hall–Kier alpha value is -2.71. The SMILES string of the molecule is CN(C)CC(=O)Nc1cccc(CNC(=O)c2ccc(NC(=O)C3CC3)s2)c1. The molecule has 7 nitrogen and oxygen atoms in total. The number of likely N-dealkylation sites (N-methyl/N-ethyl adjacent to an activating group) is 1. The summed E-state index contributed by atoms with van der Waals surface area (Å²) in [7, 11) is 3.66. The van der Waals surface area contributed by atoms with Crippen LogP contribution < -0.4 is 16.0 Å². The highest BCUT2D eigenvalue weighted by Crippen LogP contribution is 2.31. The quantitative estimate of drug-likeness (QED) is 0.635. The number of thiophene rings is 1. The van der Waals surface area contributed by atoms with Crippen molar-refractivity contribution in [2.45, 2.75) is 19.4 Å². The monoisotopic (exact) mass is 400 g/mol. The third-order valence-corrected chi connectivity index (χ3v) is 5.15. The number of carbonyl (C=O) groups is 3. The third kappa shape index (κ3) is 5.90. The number of benzene rings is 1. The van der Waals surface area contributed by atoms with Crippen LogP contribution in [0.1, 0.15) is 28.1 Å². The van der Waals surface area contributed by atoms with E-state index in [0.717, 1.165) is 18.4 Å². The number of nitrogens with zero attached hydrogens (tertiary/aromatic N) is 1. The summed E-state index contributed by atoms with van der Waals surface area (Å²) in [6, 6.07) is 10.8. The maximum absolute atomic E-state index is 12.4. The second-order valence-corrected chi connectivity index (χ2v) is 8.18. The Morgan fingerprint density at radius 3 is 2.61 bits per heavy atom. The summed E-state index contributed by atoms with van der Waals surface area (Å²) in [5, 5.41) is 9.24. The van der Waals surface area contributed by atoms with Crippen LogP contribution in [0.3, 0.4) is 0 Å². The van der Waals surface area contributed by atoms with E-state index >= 15 is 0 Å². The maximum atomic E-state index is 12.4. The van der Waals surface area contributed by atoms with Crippen LogP contribution in [0.2, 0.25) is 0 Å². The van der Waals surface area contributed by atoms with Gasteiger partial charge >= 0.3 is 0 Å². The van der Waals surface area contributed by atoms with Crippen LogP contribution in [0.4, 0.5) is 10.7 Å². The molecule has 1 aliphatic rings. The zero-order valence-corrected chi connectivity index (χ0v) is 16.8. The second kappa shape index (κ2) is 8.99. The molecule has 0 radical (unpaired) electrons. The second-order valence-electron chi connectivity index (χ2n) is 7.10. The Balaban J connectivity index is 1.51. The van der Waals surface area contributed by atoms with Crippen molar-refractivity contribution in [2.75, 3.05) is 31.3 Å². The van der Waals surface area contributed by atoms with E-state index in [0.29, 0.717) is 28.7 Å². The van der Waals surface area contributed by atoms with E-state index < -0.39 is 0 Å². The van der Waals surface area contributed by atoms with E-state index in [1.807, 2.05) is 38.4 Å². The molecule has 148 valence electrons. The predicted octanol–water partition coefficient (Wildman–Crippen LogP) is 2.53. The lowest BCUT2D eigenvalue weighted by atomic mass is 10.2. The summed E-state index contributed by atoms with van der Waals surface area (Å²) in [5.74, 6) is -0.128. The van der Waals surface area contributed by atoms with Gasteiger partial charge in [0.15, 0.2) is 0 Å². The van der Waals surface area contributed by atoms with Gasteiger partial charge in [-0.2, -0.15) is 0 Å².